The average molecular weight is 404 g/mol. The van der Waals surface area contributed by atoms with Crippen molar-refractivity contribution in [2.24, 2.45) is 14.1 Å². The predicted octanol–water partition coefficient (Wildman–Crippen LogP) is 1.80. The van der Waals surface area contributed by atoms with Gasteiger partial charge in [0, 0.05) is 50.5 Å². The number of hydrogen-bond acceptors (Lipinski definition) is 7. The number of rotatable bonds is 5. The highest BCUT2D eigenvalue weighted by Gasteiger charge is 2.20. The Morgan fingerprint density at radius 1 is 1.20 bits per heavy atom. The van der Waals surface area contributed by atoms with Crippen molar-refractivity contribution >= 4 is 17.2 Å². The summed E-state index contributed by atoms with van der Waals surface area (Å²) in [6.07, 6.45) is 7.40. The van der Waals surface area contributed by atoms with E-state index in [2.05, 4.69) is 25.6 Å². The van der Waals surface area contributed by atoms with Crippen molar-refractivity contribution in [2.45, 2.75) is 13.5 Å². The number of aromatic nitrogens is 9. The molecule has 0 aliphatic carbocycles. The van der Waals surface area contributed by atoms with E-state index >= 15 is 0 Å². The highest BCUT2D eigenvalue weighted by molar-refractivity contribution is 5.84. The Kier molecular flexibility index (Phi) is 4.10. The monoisotopic (exact) mass is 404 g/mol. The first kappa shape index (κ1) is 18.1. The maximum Gasteiger partial charge on any atom is 0.218 e. The van der Waals surface area contributed by atoms with Gasteiger partial charge in [0.1, 0.15) is 5.52 Å². The summed E-state index contributed by atoms with van der Waals surface area (Å²) >= 11 is 0. The molecule has 11 heteroatoms. The van der Waals surface area contributed by atoms with Gasteiger partial charge in [-0.05, 0) is 18.6 Å². The molecule has 152 valence electrons. The van der Waals surface area contributed by atoms with Gasteiger partial charge in [-0.3, -0.25) is 9.78 Å². The summed E-state index contributed by atoms with van der Waals surface area (Å²) in [6, 6.07) is 3.69. The van der Waals surface area contributed by atoms with Crippen LogP contribution in [-0.4, -0.2) is 49.2 Å². The number of aryl methyl sites for hydroxylation is 3. The zero-order valence-corrected chi connectivity index (χ0v) is 16.7. The third kappa shape index (κ3) is 2.92. The lowest BCUT2D eigenvalue weighted by atomic mass is 10.1. The van der Waals surface area contributed by atoms with E-state index < -0.39 is 0 Å². The van der Waals surface area contributed by atoms with Crippen LogP contribution < -0.4 is 5.32 Å². The zero-order chi connectivity index (χ0) is 20.8. The van der Waals surface area contributed by atoms with Crippen molar-refractivity contribution in [2.75, 3.05) is 5.32 Å². The number of nitrogens with one attached hydrogen (secondary N) is 2. The summed E-state index contributed by atoms with van der Waals surface area (Å²) in [6.45, 7) is 1.89. The van der Waals surface area contributed by atoms with Gasteiger partial charge < -0.3 is 15.0 Å². The van der Waals surface area contributed by atoms with Crippen LogP contribution in [0, 0.1) is 6.92 Å². The van der Waals surface area contributed by atoms with Gasteiger partial charge in [-0.25, -0.2) is 14.5 Å². The Labute approximate surface area is 171 Å². The van der Waals surface area contributed by atoms with Crippen LogP contribution in [0.15, 0.2) is 36.9 Å². The molecule has 0 aromatic carbocycles. The van der Waals surface area contributed by atoms with Gasteiger partial charge in [-0.15, -0.1) is 5.10 Å². The fourth-order valence-corrected chi connectivity index (χ4v) is 3.44. The summed E-state index contributed by atoms with van der Waals surface area (Å²) < 4.78 is 5.42. The first-order valence-corrected chi connectivity index (χ1v) is 9.33. The fraction of sp³-hybridized carbons (Fsp3) is 0.211. The second-order valence-corrected chi connectivity index (χ2v) is 7.04. The molecule has 3 N–H and O–H groups in total. The molecule has 5 aromatic heterocycles. The number of H-pyrrole nitrogens is 1. The second kappa shape index (κ2) is 6.81. The molecule has 0 fully saturated rings. The first-order valence-electron chi connectivity index (χ1n) is 9.33. The van der Waals surface area contributed by atoms with E-state index in [0.717, 1.165) is 22.3 Å². The predicted molar refractivity (Wildman–Crippen MR) is 110 cm³/mol. The van der Waals surface area contributed by atoms with E-state index in [1.165, 1.54) is 0 Å². The average Bonchev–Trinajstić information content (AvgIpc) is 3.50. The third-order valence-corrected chi connectivity index (χ3v) is 4.94. The molecule has 5 rings (SSSR count). The summed E-state index contributed by atoms with van der Waals surface area (Å²) in [5.41, 5.74) is 4.21. The zero-order valence-electron chi connectivity index (χ0n) is 16.7. The van der Waals surface area contributed by atoms with Gasteiger partial charge in [0.15, 0.2) is 17.5 Å². The Morgan fingerprint density at radius 2 is 2.07 bits per heavy atom. The van der Waals surface area contributed by atoms with Crippen LogP contribution in [0.25, 0.3) is 28.4 Å². The Hall–Kier alpha value is -3.99. The number of hydrogen-bond donors (Lipinski definition) is 3. The molecule has 0 bridgehead atoms. The quantitative estimate of drug-likeness (QED) is 0.408. The number of anilines is 2. The largest absolute Gasteiger partial charge is 0.390 e. The molecule has 0 radical (unpaired) electrons. The van der Waals surface area contributed by atoms with Crippen molar-refractivity contribution in [3.05, 3.63) is 48.2 Å². The van der Waals surface area contributed by atoms with Crippen LogP contribution in [0.1, 0.15) is 11.3 Å². The lowest BCUT2D eigenvalue weighted by Gasteiger charge is -2.09. The number of nitrogens with zero attached hydrogens (tertiary/aromatic N) is 8. The first-order chi connectivity index (χ1) is 14.5. The molecule has 0 spiro atoms. The summed E-state index contributed by atoms with van der Waals surface area (Å²) in [7, 11) is 3.78. The summed E-state index contributed by atoms with van der Waals surface area (Å²) in [5, 5.41) is 28.8. The highest BCUT2D eigenvalue weighted by Crippen LogP contribution is 2.32. The maximum absolute atomic E-state index is 9.32. The fourth-order valence-electron chi connectivity index (χ4n) is 3.44. The smallest absolute Gasteiger partial charge is 0.218 e. The molecule has 0 amide bonds. The normalized spacial score (nSPS) is 11.5. The molecular formula is C19H20N10O. The summed E-state index contributed by atoms with van der Waals surface area (Å²) in [4.78, 5) is 9.11. The maximum atomic E-state index is 9.32. The van der Waals surface area contributed by atoms with Crippen LogP contribution in [0.4, 0.5) is 11.6 Å². The topological polar surface area (TPSA) is 127 Å². The summed E-state index contributed by atoms with van der Waals surface area (Å²) in [5.74, 6) is 2.24. The molecule has 0 aliphatic heterocycles. The lowest BCUT2D eigenvalue weighted by Crippen LogP contribution is -2.06. The number of aliphatic hydroxyl groups excluding tert-OH is 1. The van der Waals surface area contributed by atoms with Gasteiger partial charge in [0.2, 0.25) is 5.82 Å². The van der Waals surface area contributed by atoms with E-state index in [1.807, 2.05) is 50.2 Å². The SMILES string of the molecule is Cc1c(-c2ccn(C)n2)cn2nc(-c3nccn3C)nc(Nc3cc(CO)[nH]n3)c12. The molecule has 11 nitrogen and oxygen atoms in total. The number of imidazole rings is 1. The van der Waals surface area contributed by atoms with Crippen LogP contribution in [0.3, 0.4) is 0 Å². The van der Waals surface area contributed by atoms with Gasteiger partial charge in [0.25, 0.3) is 0 Å². The molecular weight excluding hydrogens is 384 g/mol. The Balaban J connectivity index is 1.71. The van der Waals surface area contributed by atoms with Crippen molar-refractivity contribution in [1.82, 2.24) is 44.1 Å². The van der Waals surface area contributed by atoms with E-state index in [9.17, 15) is 5.11 Å². The van der Waals surface area contributed by atoms with Crippen LogP contribution in [0.5, 0.6) is 0 Å². The molecule has 30 heavy (non-hydrogen) atoms. The van der Waals surface area contributed by atoms with E-state index in [4.69, 9.17) is 10.1 Å². The van der Waals surface area contributed by atoms with Crippen LogP contribution in [-0.2, 0) is 20.7 Å². The molecule has 5 heterocycles. The number of fused-ring (bicyclic) bond motifs is 1. The number of aromatic amines is 1. The molecule has 0 saturated carbocycles. The van der Waals surface area contributed by atoms with E-state index in [0.29, 0.717) is 29.0 Å². The Bertz CT molecular complexity index is 1360. The van der Waals surface area contributed by atoms with Gasteiger partial charge >= 0.3 is 0 Å². The highest BCUT2D eigenvalue weighted by atomic mass is 16.3. The lowest BCUT2D eigenvalue weighted by molar-refractivity contribution is 0.276. The van der Waals surface area contributed by atoms with E-state index in [1.54, 1.807) is 21.5 Å². The standard InChI is InChI=1S/C19H20N10O/c1-11-13(14-4-6-28(3)25-14)9-29-16(11)17(21-15-8-12(10-30)23-24-15)22-18(26-29)19-20-5-7-27(19)2/h4-9,30H,10H2,1-3H3,(H2,21,22,23,24,26). The van der Waals surface area contributed by atoms with Crippen LogP contribution in [0.2, 0.25) is 0 Å². The minimum atomic E-state index is -0.125. The van der Waals surface area contributed by atoms with Crippen molar-refractivity contribution in [3.8, 4) is 22.9 Å². The number of aliphatic hydroxyl groups is 1. The third-order valence-electron chi connectivity index (χ3n) is 4.94. The van der Waals surface area contributed by atoms with Gasteiger partial charge in [-0.1, -0.05) is 0 Å². The minimum absolute atomic E-state index is 0.125. The molecule has 0 atom stereocenters. The van der Waals surface area contributed by atoms with Gasteiger partial charge in [-0.2, -0.15) is 10.2 Å². The minimum Gasteiger partial charge on any atom is -0.390 e. The second-order valence-electron chi connectivity index (χ2n) is 7.04. The van der Waals surface area contributed by atoms with Crippen molar-refractivity contribution in [3.63, 3.8) is 0 Å². The van der Waals surface area contributed by atoms with E-state index in [-0.39, 0.29) is 6.61 Å². The van der Waals surface area contributed by atoms with Crippen molar-refractivity contribution in [1.29, 1.82) is 0 Å². The molecule has 5 aromatic rings. The van der Waals surface area contributed by atoms with Gasteiger partial charge in [0.05, 0.1) is 18.0 Å². The Morgan fingerprint density at radius 3 is 2.73 bits per heavy atom. The molecule has 0 aliphatic rings. The van der Waals surface area contributed by atoms with Crippen LogP contribution >= 0.6 is 0 Å². The van der Waals surface area contributed by atoms with Crippen molar-refractivity contribution < 1.29 is 5.11 Å². The molecule has 0 saturated heterocycles. The molecule has 0 unspecified atom stereocenters.